The number of hydrogen-bond acceptors (Lipinski definition) is 3. The minimum absolute atomic E-state index is 0.147. The third-order valence-electron chi connectivity index (χ3n) is 3.29. The van der Waals surface area contributed by atoms with Crippen LogP contribution < -0.4 is 0 Å². The van der Waals surface area contributed by atoms with Crippen molar-refractivity contribution in [1.29, 1.82) is 0 Å². The molecule has 16 heavy (non-hydrogen) atoms. The van der Waals surface area contributed by atoms with Crippen molar-refractivity contribution in [2.45, 2.75) is 37.6 Å². The first kappa shape index (κ1) is 9.85. The summed E-state index contributed by atoms with van der Waals surface area (Å²) in [6.07, 6.45) is 4.26. The van der Waals surface area contributed by atoms with Crippen molar-refractivity contribution in [3.63, 3.8) is 0 Å². The molecule has 3 rings (SSSR count). The van der Waals surface area contributed by atoms with E-state index in [0.717, 1.165) is 19.3 Å². The third-order valence-corrected chi connectivity index (χ3v) is 3.29. The molecule has 1 aromatic carbocycles. The summed E-state index contributed by atoms with van der Waals surface area (Å²) < 4.78 is 11.0. The molecule has 0 unspecified atom stereocenters. The minimum atomic E-state index is -0.578. The van der Waals surface area contributed by atoms with Gasteiger partial charge in [-0.25, -0.2) is 4.79 Å². The monoisotopic (exact) mass is 218 g/mol. The van der Waals surface area contributed by atoms with Crippen LogP contribution in [0.1, 0.15) is 36.0 Å². The number of fused-ring (bicyclic) bond motifs is 1. The first-order valence-electron chi connectivity index (χ1n) is 5.76. The van der Waals surface area contributed by atoms with Gasteiger partial charge in [0.2, 0.25) is 5.79 Å². The number of ether oxygens (including phenoxy) is 2. The quantitative estimate of drug-likeness (QED) is 0.565. The van der Waals surface area contributed by atoms with E-state index in [1.165, 1.54) is 6.42 Å². The molecule has 2 aliphatic rings. The third kappa shape index (κ3) is 1.61. The van der Waals surface area contributed by atoms with Gasteiger partial charge in [0, 0.05) is 6.42 Å². The highest BCUT2D eigenvalue weighted by Crippen LogP contribution is 2.48. The molecule has 0 aromatic heterocycles. The fourth-order valence-electron chi connectivity index (χ4n) is 2.34. The van der Waals surface area contributed by atoms with Crippen molar-refractivity contribution in [2.24, 2.45) is 0 Å². The van der Waals surface area contributed by atoms with Gasteiger partial charge in [-0.05, 0) is 25.0 Å². The van der Waals surface area contributed by atoms with Crippen LogP contribution in [0.15, 0.2) is 30.3 Å². The molecule has 0 radical (unpaired) electrons. The van der Waals surface area contributed by atoms with Crippen molar-refractivity contribution in [3.8, 4) is 0 Å². The fraction of sp³-hybridized carbons (Fsp3) is 0.462. The highest BCUT2D eigenvalue weighted by molar-refractivity contribution is 5.89. The zero-order chi connectivity index (χ0) is 11.0. The molecule has 1 aliphatic carbocycles. The molecule has 0 bridgehead atoms. The molecule has 0 N–H and O–H groups in total. The van der Waals surface area contributed by atoms with Crippen molar-refractivity contribution in [2.75, 3.05) is 0 Å². The van der Waals surface area contributed by atoms with Crippen LogP contribution in [0.5, 0.6) is 0 Å². The van der Waals surface area contributed by atoms with Gasteiger partial charge in [0.25, 0.3) is 0 Å². The van der Waals surface area contributed by atoms with E-state index in [4.69, 9.17) is 9.47 Å². The van der Waals surface area contributed by atoms with Gasteiger partial charge < -0.3 is 9.47 Å². The maximum atomic E-state index is 11.8. The van der Waals surface area contributed by atoms with E-state index in [9.17, 15) is 4.79 Å². The maximum Gasteiger partial charge on any atom is 0.340 e. The Hall–Kier alpha value is -1.35. The Morgan fingerprint density at radius 3 is 2.88 bits per heavy atom. The number of hydrogen-bond donors (Lipinski definition) is 0. The Balaban J connectivity index is 1.70. The number of esters is 1. The smallest absolute Gasteiger partial charge is 0.340 e. The zero-order valence-corrected chi connectivity index (χ0v) is 9.02. The fourth-order valence-corrected chi connectivity index (χ4v) is 2.34. The number of benzene rings is 1. The summed E-state index contributed by atoms with van der Waals surface area (Å²) in [6, 6.07) is 9.07. The summed E-state index contributed by atoms with van der Waals surface area (Å²) in [4.78, 5) is 11.8. The molecule has 1 aromatic rings. The van der Waals surface area contributed by atoms with Crippen LogP contribution in [0.25, 0.3) is 0 Å². The molecule has 1 saturated heterocycles. The Bertz CT molecular complexity index is 401. The molecular formula is C13H14O3. The Morgan fingerprint density at radius 1 is 1.31 bits per heavy atom. The van der Waals surface area contributed by atoms with Crippen LogP contribution in [0, 0.1) is 0 Å². The number of epoxide rings is 1. The van der Waals surface area contributed by atoms with Crippen molar-refractivity contribution < 1.29 is 14.3 Å². The van der Waals surface area contributed by atoms with Crippen LogP contribution >= 0.6 is 0 Å². The number of rotatable bonds is 2. The SMILES string of the molecule is O=C(O[C@]12CCCC[C@H]1O2)c1ccccc1. The standard InChI is InChI=1S/C13H14O3/c14-12(10-6-2-1-3-7-10)16-13-9-5-4-8-11(13)15-13/h1-3,6-7,11H,4-5,8-9H2/t11-,13-/m1/s1. The lowest BCUT2D eigenvalue weighted by Crippen LogP contribution is -2.26. The van der Waals surface area contributed by atoms with Gasteiger partial charge in [-0.15, -0.1) is 0 Å². The largest absolute Gasteiger partial charge is 0.427 e. The van der Waals surface area contributed by atoms with Crippen LogP contribution in [-0.4, -0.2) is 17.9 Å². The molecule has 3 heteroatoms. The van der Waals surface area contributed by atoms with Crippen LogP contribution in [0.4, 0.5) is 0 Å². The van der Waals surface area contributed by atoms with E-state index in [1.807, 2.05) is 18.2 Å². The Labute approximate surface area is 94.4 Å². The first-order valence-corrected chi connectivity index (χ1v) is 5.76. The summed E-state index contributed by atoms with van der Waals surface area (Å²) >= 11 is 0. The van der Waals surface area contributed by atoms with Crippen molar-refractivity contribution in [1.82, 2.24) is 0 Å². The predicted molar refractivity (Wildman–Crippen MR) is 57.9 cm³/mol. The summed E-state index contributed by atoms with van der Waals surface area (Å²) in [6.45, 7) is 0. The van der Waals surface area contributed by atoms with Crippen LogP contribution in [-0.2, 0) is 9.47 Å². The van der Waals surface area contributed by atoms with Gasteiger partial charge in [-0.1, -0.05) is 24.6 Å². The van der Waals surface area contributed by atoms with E-state index in [1.54, 1.807) is 12.1 Å². The second-order valence-corrected chi connectivity index (χ2v) is 4.42. The normalized spacial score (nSPS) is 31.6. The number of carbonyl (C=O) groups is 1. The van der Waals surface area contributed by atoms with Gasteiger partial charge in [0.15, 0.2) is 0 Å². The van der Waals surface area contributed by atoms with E-state index < -0.39 is 5.79 Å². The molecule has 3 nitrogen and oxygen atoms in total. The van der Waals surface area contributed by atoms with E-state index in [-0.39, 0.29) is 12.1 Å². The van der Waals surface area contributed by atoms with Gasteiger partial charge in [0.1, 0.15) is 6.10 Å². The molecule has 1 aliphatic heterocycles. The van der Waals surface area contributed by atoms with Gasteiger partial charge in [-0.2, -0.15) is 0 Å². The van der Waals surface area contributed by atoms with Crippen LogP contribution in [0.2, 0.25) is 0 Å². The topological polar surface area (TPSA) is 38.8 Å². The van der Waals surface area contributed by atoms with Gasteiger partial charge >= 0.3 is 5.97 Å². The minimum Gasteiger partial charge on any atom is -0.427 e. The van der Waals surface area contributed by atoms with Crippen molar-refractivity contribution >= 4 is 5.97 Å². The van der Waals surface area contributed by atoms with Gasteiger partial charge in [0.05, 0.1) is 5.56 Å². The van der Waals surface area contributed by atoms with Gasteiger partial charge in [-0.3, -0.25) is 0 Å². The second-order valence-electron chi connectivity index (χ2n) is 4.42. The molecule has 84 valence electrons. The molecule has 0 spiro atoms. The predicted octanol–water partition coefficient (Wildman–Crippen LogP) is 2.51. The molecule has 1 heterocycles. The summed E-state index contributed by atoms with van der Waals surface area (Å²) in [5, 5.41) is 0. The molecule has 1 saturated carbocycles. The lowest BCUT2D eigenvalue weighted by atomic mass is 9.98. The molecular weight excluding hydrogens is 204 g/mol. The summed E-state index contributed by atoms with van der Waals surface area (Å²) in [5.41, 5.74) is 0.594. The molecule has 2 atom stereocenters. The lowest BCUT2D eigenvalue weighted by molar-refractivity contribution is -0.0245. The zero-order valence-electron chi connectivity index (χ0n) is 9.02. The average Bonchev–Trinajstić information content (AvgIpc) is 3.04. The maximum absolute atomic E-state index is 11.8. The average molecular weight is 218 g/mol. The van der Waals surface area contributed by atoms with E-state index >= 15 is 0 Å². The van der Waals surface area contributed by atoms with Crippen LogP contribution in [0.3, 0.4) is 0 Å². The molecule has 0 amide bonds. The summed E-state index contributed by atoms with van der Waals surface area (Å²) in [5.74, 6) is -0.851. The lowest BCUT2D eigenvalue weighted by Gasteiger charge is -2.17. The highest BCUT2D eigenvalue weighted by Gasteiger charge is 2.61. The van der Waals surface area contributed by atoms with E-state index in [2.05, 4.69) is 0 Å². The number of carbonyl (C=O) groups excluding carboxylic acids is 1. The van der Waals surface area contributed by atoms with Crippen molar-refractivity contribution in [3.05, 3.63) is 35.9 Å². The van der Waals surface area contributed by atoms with E-state index in [0.29, 0.717) is 5.56 Å². The Morgan fingerprint density at radius 2 is 2.12 bits per heavy atom. The second kappa shape index (κ2) is 3.59. The Kier molecular flexibility index (Phi) is 2.21. The molecule has 2 fully saturated rings. The highest BCUT2D eigenvalue weighted by atomic mass is 16.8. The first-order chi connectivity index (χ1) is 7.80. The summed E-state index contributed by atoms with van der Waals surface area (Å²) in [7, 11) is 0.